The lowest BCUT2D eigenvalue weighted by Gasteiger charge is -2.16. The van der Waals surface area contributed by atoms with Crippen LogP contribution in [0.15, 0.2) is 33.9 Å². The van der Waals surface area contributed by atoms with E-state index in [2.05, 4.69) is 45.0 Å². The summed E-state index contributed by atoms with van der Waals surface area (Å²) in [5.41, 5.74) is 6.42. The number of unbranched alkanes of at least 4 members (excludes halogenated alkanes) is 2. The fourth-order valence-corrected chi connectivity index (χ4v) is 3.80. The molecule has 30 heavy (non-hydrogen) atoms. The van der Waals surface area contributed by atoms with Gasteiger partial charge in [-0.1, -0.05) is 48.2 Å². The Morgan fingerprint density at radius 2 is 1.80 bits per heavy atom. The number of benzene rings is 1. The quantitative estimate of drug-likeness (QED) is 0.317. The summed E-state index contributed by atoms with van der Waals surface area (Å²) in [5.74, 6) is 0.983. The molecule has 0 amide bonds. The van der Waals surface area contributed by atoms with Gasteiger partial charge in [-0.15, -0.1) is 0 Å². The third-order valence-corrected chi connectivity index (χ3v) is 5.54. The Morgan fingerprint density at radius 3 is 2.40 bits per heavy atom. The second-order valence-corrected chi connectivity index (χ2v) is 8.49. The summed E-state index contributed by atoms with van der Waals surface area (Å²) in [4.78, 5) is 0. The molecule has 0 spiro atoms. The first-order valence-electron chi connectivity index (χ1n) is 11.0. The summed E-state index contributed by atoms with van der Waals surface area (Å²) in [7, 11) is 0. The average molecular weight is 412 g/mol. The molecule has 0 saturated carbocycles. The van der Waals surface area contributed by atoms with Crippen LogP contribution in [-0.2, 0) is 12.8 Å². The minimum Gasteiger partial charge on any atom is -0.508 e. The summed E-state index contributed by atoms with van der Waals surface area (Å²) < 4.78 is 5.38. The third kappa shape index (κ3) is 6.01. The highest BCUT2D eigenvalue weighted by atomic mass is 16.5. The van der Waals surface area contributed by atoms with Crippen LogP contribution in [0.4, 0.5) is 0 Å². The molecule has 1 aromatic carbocycles. The van der Waals surface area contributed by atoms with E-state index < -0.39 is 0 Å². The van der Waals surface area contributed by atoms with Crippen molar-refractivity contribution in [1.82, 2.24) is 5.16 Å². The van der Waals surface area contributed by atoms with Gasteiger partial charge >= 0.3 is 0 Å². The van der Waals surface area contributed by atoms with Gasteiger partial charge in [0.1, 0.15) is 17.3 Å². The molecule has 0 atom stereocenters. The maximum absolute atomic E-state index is 11.2. The van der Waals surface area contributed by atoms with Gasteiger partial charge in [0.15, 0.2) is 0 Å². The Labute approximate surface area is 181 Å². The van der Waals surface area contributed by atoms with Crippen molar-refractivity contribution < 1.29 is 14.7 Å². The van der Waals surface area contributed by atoms with Gasteiger partial charge in [0, 0.05) is 11.1 Å². The third-order valence-electron chi connectivity index (χ3n) is 5.54. The Hall–Kier alpha value is -2.49. The molecule has 4 heteroatoms. The zero-order valence-corrected chi connectivity index (χ0v) is 19.4. The van der Waals surface area contributed by atoms with Crippen molar-refractivity contribution in [1.29, 1.82) is 0 Å². The Balaban J connectivity index is 2.42. The Bertz CT molecular complexity index is 895. The van der Waals surface area contributed by atoms with E-state index in [-0.39, 0.29) is 11.5 Å². The van der Waals surface area contributed by atoms with E-state index in [0.29, 0.717) is 17.7 Å². The minimum absolute atomic E-state index is 0.143. The van der Waals surface area contributed by atoms with E-state index in [1.54, 1.807) is 0 Å². The van der Waals surface area contributed by atoms with Gasteiger partial charge in [-0.3, -0.25) is 0 Å². The van der Waals surface area contributed by atoms with Gasteiger partial charge in [0.25, 0.3) is 0 Å². The largest absolute Gasteiger partial charge is 0.508 e. The summed E-state index contributed by atoms with van der Waals surface area (Å²) >= 11 is 0. The van der Waals surface area contributed by atoms with Crippen LogP contribution < -0.4 is 0 Å². The number of allylic oxidation sites excluding steroid dienone is 4. The van der Waals surface area contributed by atoms with Gasteiger partial charge in [-0.05, 0) is 78.4 Å². The highest BCUT2D eigenvalue weighted by Crippen LogP contribution is 2.43. The molecule has 2 N–H and O–H groups in total. The molecule has 0 aliphatic heterocycles. The molecule has 4 nitrogen and oxygen atoms in total. The van der Waals surface area contributed by atoms with E-state index in [1.807, 2.05) is 19.9 Å². The van der Waals surface area contributed by atoms with E-state index >= 15 is 0 Å². The van der Waals surface area contributed by atoms with Crippen LogP contribution in [-0.4, -0.2) is 15.4 Å². The predicted octanol–water partition coefficient (Wildman–Crippen LogP) is 7.34. The Kier molecular flexibility index (Phi) is 8.76. The van der Waals surface area contributed by atoms with Crippen LogP contribution in [0.3, 0.4) is 0 Å². The first-order valence-corrected chi connectivity index (χ1v) is 11.0. The van der Waals surface area contributed by atoms with Crippen molar-refractivity contribution in [3.63, 3.8) is 0 Å². The van der Waals surface area contributed by atoms with Crippen LogP contribution in [0.2, 0.25) is 0 Å². The smallest absolute Gasteiger partial charge is 0.141 e. The molecule has 2 aromatic rings. The summed E-state index contributed by atoms with van der Waals surface area (Å²) in [6, 6.07) is 1.82. The number of aromatic nitrogens is 1. The van der Waals surface area contributed by atoms with Crippen LogP contribution >= 0.6 is 0 Å². The number of rotatable bonds is 10. The molecular weight excluding hydrogens is 374 g/mol. The van der Waals surface area contributed by atoms with E-state index in [9.17, 15) is 10.2 Å². The number of nitrogens with zero attached hydrogens (tertiary/aromatic N) is 1. The van der Waals surface area contributed by atoms with Crippen LogP contribution in [0, 0.1) is 13.8 Å². The molecular formula is C26H37NO3. The summed E-state index contributed by atoms with van der Waals surface area (Å²) in [6.45, 7) is 12.2. The van der Waals surface area contributed by atoms with Gasteiger partial charge in [0.2, 0.25) is 0 Å². The molecule has 1 aromatic heterocycles. The topological polar surface area (TPSA) is 66.5 Å². The van der Waals surface area contributed by atoms with Gasteiger partial charge in [-0.2, -0.15) is 0 Å². The lowest BCUT2D eigenvalue weighted by molar-refractivity contribution is 0.393. The van der Waals surface area contributed by atoms with Crippen LogP contribution in [0.5, 0.6) is 11.5 Å². The van der Waals surface area contributed by atoms with Crippen LogP contribution in [0.25, 0.3) is 11.1 Å². The molecule has 0 bridgehead atoms. The number of phenols is 2. The van der Waals surface area contributed by atoms with Gasteiger partial charge in [0.05, 0.1) is 11.3 Å². The van der Waals surface area contributed by atoms with E-state index in [1.165, 1.54) is 11.1 Å². The molecule has 0 aliphatic carbocycles. The fourth-order valence-electron chi connectivity index (χ4n) is 3.80. The zero-order chi connectivity index (χ0) is 22.3. The number of hydrogen-bond acceptors (Lipinski definition) is 4. The summed E-state index contributed by atoms with van der Waals surface area (Å²) in [6.07, 6.45) is 10.8. The molecule has 0 aliphatic rings. The molecule has 2 rings (SSSR count). The lowest BCUT2D eigenvalue weighted by Crippen LogP contribution is -1.98. The lowest BCUT2D eigenvalue weighted by atomic mass is 9.90. The number of aryl methyl sites for hydroxylation is 3. The number of phenolic OH excluding ortho intramolecular Hbond substituents is 2. The number of aromatic hydroxyl groups is 2. The maximum Gasteiger partial charge on any atom is 0.141 e. The highest BCUT2D eigenvalue weighted by molar-refractivity contribution is 5.80. The highest BCUT2D eigenvalue weighted by Gasteiger charge is 2.23. The standard InChI is InChI=1S/C26H37NO3/c1-7-8-9-13-21-16-23(28)22(15-14-18(4)12-10-11-17(2)3)26(29)25(21)24-19(5)27-30-20(24)6/h11,14,16,28-29H,7-10,12-13,15H2,1-6H3. The molecule has 0 unspecified atom stereocenters. The molecule has 0 saturated heterocycles. The number of hydrogen-bond donors (Lipinski definition) is 2. The zero-order valence-electron chi connectivity index (χ0n) is 19.4. The fraction of sp³-hybridized carbons (Fsp3) is 0.500. The van der Waals surface area contributed by atoms with E-state index in [4.69, 9.17) is 4.52 Å². The monoisotopic (exact) mass is 411 g/mol. The predicted molar refractivity (Wildman–Crippen MR) is 124 cm³/mol. The maximum atomic E-state index is 11.2. The first kappa shape index (κ1) is 23.8. The molecule has 164 valence electrons. The van der Waals surface area contributed by atoms with Crippen molar-refractivity contribution in [3.05, 3.63) is 51.9 Å². The van der Waals surface area contributed by atoms with Crippen molar-refractivity contribution >= 4 is 0 Å². The Morgan fingerprint density at radius 1 is 1.07 bits per heavy atom. The van der Waals surface area contributed by atoms with Gasteiger partial charge < -0.3 is 14.7 Å². The second-order valence-electron chi connectivity index (χ2n) is 8.49. The first-order chi connectivity index (χ1) is 14.3. The molecule has 0 radical (unpaired) electrons. The van der Waals surface area contributed by atoms with E-state index in [0.717, 1.165) is 60.9 Å². The van der Waals surface area contributed by atoms with Crippen molar-refractivity contribution in [2.45, 2.75) is 86.5 Å². The molecule has 0 fully saturated rings. The summed E-state index contributed by atoms with van der Waals surface area (Å²) in [5, 5.41) is 26.0. The van der Waals surface area contributed by atoms with Crippen molar-refractivity contribution in [3.8, 4) is 22.6 Å². The SMILES string of the molecule is CCCCCc1cc(O)c(CC=C(C)CCC=C(C)C)c(O)c1-c1c(C)noc1C. The average Bonchev–Trinajstić information content (AvgIpc) is 3.00. The minimum atomic E-state index is 0.143. The normalized spacial score (nSPS) is 11.7. The van der Waals surface area contributed by atoms with Crippen LogP contribution in [0.1, 0.15) is 82.4 Å². The van der Waals surface area contributed by atoms with Crippen molar-refractivity contribution in [2.24, 2.45) is 0 Å². The second kappa shape index (κ2) is 11.1. The van der Waals surface area contributed by atoms with Crippen molar-refractivity contribution in [2.75, 3.05) is 0 Å². The van der Waals surface area contributed by atoms with Gasteiger partial charge in [-0.25, -0.2) is 0 Å². The molecule has 1 heterocycles.